The summed E-state index contributed by atoms with van der Waals surface area (Å²) in [6, 6.07) is 2.28. The minimum atomic E-state index is -0.318. The second kappa shape index (κ2) is 4.48. The molecular weight excluding hydrogens is 230 g/mol. The van der Waals surface area contributed by atoms with Gasteiger partial charge in [0.2, 0.25) is 0 Å². The van der Waals surface area contributed by atoms with E-state index < -0.39 is 0 Å². The van der Waals surface area contributed by atoms with Gasteiger partial charge in [-0.05, 0) is 39.0 Å². The van der Waals surface area contributed by atoms with Crippen LogP contribution < -0.4 is 0 Å². The minimum Gasteiger partial charge on any atom is -0.390 e. The molecule has 2 saturated heterocycles. The SMILES string of the molecule is C[C@@H](C#N)CC1CCC2O[C@@H]3CC2(CC[C@H]3O)O1. The fraction of sp³-hybridized carbons (Fsp3) is 0.929. The van der Waals surface area contributed by atoms with Gasteiger partial charge in [-0.25, -0.2) is 0 Å². The highest BCUT2D eigenvalue weighted by Crippen LogP contribution is 2.49. The van der Waals surface area contributed by atoms with Crippen LogP contribution in [0.2, 0.25) is 0 Å². The van der Waals surface area contributed by atoms with Crippen molar-refractivity contribution in [3.8, 4) is 6.07 Å². The second-order valence-electron chi connectivity index (χ2n) is 6.12. The molecule has 3 unspecified atom stereocenters. The average molecular weight is 251 g/mol. The monoisotopic (exact) mass is 251 g/mol. The van der Waals surface area contributed by atoms with Crippen molar-refractivity contribution in [3.05, 3.63) is 0 Å². The topological polar surface area (TPSA) is 62.5 Å². The zero-order chi connectivity index (χ0) is 12.8. The minimum absolute atomic E-state index is 0.0316. The summed E-state index contributed by atoms with van der Waals surface area (Å²) in [4.78, 5) is 0. The molecule has 2 aliphatic heterocycles. The maximum absolute atomic E-state index is 9.87. The van der Waals surface area contributed by atoms with Gasteiger partial charge < -0.3 is 14.6 Å². The molecule has 2 bridgehead atoms. The molecule has 4 heteroatoms. The van der Waals surface area contributed by atoms with Crippen LogP contribution >= 0.6 is 0 Å². The van der Waals surface area contributed by atoms with E-state index in [1.807, 2.05) is 6.92 Å². The van der Waals surface area contributed by atoms with Crippen LogP contribution in [0.15, 0.2) is 0 Å². The van der Waals surface area contributed by atoms with Crippen molar-refractivity contribution in [1.29, 1.82) is 5.26 Å². The largest absolute Gasteiger partial charge is 0.390 e. The molecule has 3 rings (SSSR count). The summed E-state index contributed by atoms with van der Waals surface area (Å²) in [7, 11) is 0. The molecule has 0 radical (unpaired) electrons. The Hall–Kier alpha value is -0.630. The van der Waals surface area contributed by atoms with Crippen LogP contribution in [-0.4, -0.2) is 35.1 Å². The first-order valence-corrected chi connectivity index (χ1v) is 7.04. The lowest BCUT2D eigenvalue weighted by atomic mass is 9.77. The zero-order valence-corrected chi connectivity index (χ0v) is 10.8. The smallest absolute Gasteiger partial charge is 0.0973 e. The lowest BCUT2D eigenvalue weighted by Gasteiger charge is -2.43. The molecular formula is C14H21NO3. The molecule has 0 aromatic heterocycles. The Morgan fingerprint density at radius 2 is 2.28 bits per heavy atom. The molecule has 3 fully saturated rings. The summed E-state index contributed by atoms with van der Waals surface area (Å²) in [5.74, 6) is 0.0512. The van der Waals surface area contributed by atoms with Crippen LogP contribution in [-0.2, 0) is 9.47 Å². The summed E-state index contributed by atoms with van der Waals surface area (Å²) in [5.41, 5.74) is -0.165. The van der Waals surface area contributed by atoms with E-state index in [1.54, 1.807) is 0 Å². The molecule has 4 nitrogen and oxygen atoms in total. The third-order valence-electron chi connectivity index (χ3n) is 4.75. The van der Waals surface area contributed by atoms with Crippen molar-refractivity contribution in [2.45, 2.75) is 75.5 Å². The van der Waals surface area contributed by atoms with Gasteiger partial charge in [0, 0.05) is 12.3 Å². The summed E-state index contributed by atoms with van der Waals surface area (Å²) in [6.07, 6.45) is 5.30. The van der Waals surface area contributed by atoms with Crippen molar-refractivity contribution in [2.75, 3.05) is 0 Å². The van der Waals surface area contributed by atoms with Crippen LogP contribution in [0, 0.1) is 17.2 Å². The van der Waals surface area contributed by atoms with E-state index in [9.17, 15) is 5.11 Å². The van der Waals surface area contributed by atoms with Crippen LogP contribution in [0.1, 0.15) is 45.4 Å². The van der Waals surface area contributed by atoms with Gasteiger partial charge in [0.15, 0.2) is 0 Å². The first kappa shape index (κ1) is 12.4. The van der Waals surface area contributed by atoms with Gasteiger partial charge in [0.1, 0.15) is 0 Å². The van der Waals surface area contributed by atoms with Crippen LogP contribution in [0.4, 0.5) is 0 Å². The number of aliphatic hydroxyl groups excluding tert-OH is 1. The number of nitriles is 1. The molecule has 6 atom stereocenters. The Bertz CT molecular complexity index is 367. The Morgan fingerprint density at radius 3 is 3.06 bits per heavy atom. The van der Waals surface area contributed by atoms with Crippen LogP contribution in [0.3, 0.4) is 0 Å². The van der Waals surface area contributed by atoms with Crippen LogP contribution in [0.5, 0.6) is 0 Å². The number of hydrogen-bond donors (Lipinski definition) is 1. The van der Waals surface area contributed by atoms with Gasteiger partial charge in [-0.1, -0.05) is 0 Å². The summed E-state index contributed by atoms with van der Waals surface area (Å²) in [5, 5.41) is 18.8. The Balaban J connectivity index is 1.69. The van der Waals surface area contributed by atoms with Crippen molar-refractivity contribution in [1.82, 2.24) is 0 Å². The molecule has 1 aliphatic carbocycles. The van der Waals surface area contributed by atoms with Gasteiger partial charge in [0.25, 0.3) is 0 Å². The van der Waals surface area contributed by atoms with Crippen molar-refractivity contribution >= 4 is 0 Å². The fourth-order valence-corrected chi connectivity index (χ4v) is 3.78. The highest BCUT2D eigenvalue weighted by molar-refractivity contribution is 5.06. The van der Waals surface area contributed by atoms with E-state index in [4.69, 9.17) is 14.7 Å². The van der Waals surface area contributed by atoms with Gasteiger partial charge in [-0.2, -0.15) is 5.26 Å². The van der Waals surface area contributed by atoms with E-state index in [-0.39, 0.29) is 35.9 Å². The molecule has 100 valence electrons. The molecule has 1 spiro atoms. The average Bonchev–Trinajstić information content (AvgIpc) is 2.68. The van der Waals surface area contributed by atoms with Gasteiger partial charge in [-0.3, -0.25) is 0 Å². The third-order valence-corrected chi connectivity index (χ3v) is 4.75. The normalized spacial score (nSPS) is 48.3. The van der Waals surface area contributed by atoms with Gasteiger partial charge in [-0.15, -0.1) is 0 Å². The number of nitrogens with zero attached hydrogens (tertiary/aromatic N) is 1. The van der Waals surface area contributed by atoms with Crippen molar-refractivity contribution in [2.24, 2.45) is 5.92 Å². The highest BCUT2D eigenvalue weighted by Gasteiger charge is 2.57. The maximum atomic E-state index is 9.87. The second-order valence-corrected chi connectivity index (χ2v) is 6.12. The van der Waals surface area contributed by atoms with E-state index in [1.165, 1.54) is 0 Å². The first-order chi connectivity index (χ1) is 8.63. The van der Waals surface area contributed by atoms with Crippen molar-refractivity contribution < 1.29 is 14.6 Å². The van der Waals surface area contributed by atoms with E-state index in [2.05, 4.69) is 6.07 Å². The highest BCUT2D eigenvalue weighted by atomic mass is 16.6. The maximum Gasteiger partial charge on any atom is 0.0973 e. The first-order valence-electron chi connectivity index (χ1n) is 7.04. The van der Waals surface area contributed by atoms with E-state index in [0.29, 0.717) is 0 Å². The predicted molar refractivity (Wildman–Crippen MR) is 64.8 cm³/mol. The lowest BCUT2D eigenvalue weighted by molar-refractivity contribution is -0.168. The quantitative estimate of drug-likeness (QED) is 0.812. The van der Waals surface area contributed by atoms with E-state index in [0.717, 1.165) is 38.5 Å². The molecule has 0 aromatic carbocycles. The number of ether oxygens (including phenoxy) is 2. The Labute approximate surface area is 108 Å². The fourth-order valence-electron chi connectivity index (χ4n) is 3.78. The summed E-state index contributed by atoms with van der Waals surface area (Å²) < 4.78 is 12.2. The van der Waals surface area contributed by atoms with Gasteiger partial charge >= 0.3 is 0 Å². The lowest BCUT2D eigenvalue weighted by Crippen LogP contribution is -2.50. The molecule has 2 heterocycles. The van der Waals surface area contributed by atoms with Crippen molar-refractivity contribution in [3.63, 3.8) is 0 Å². The number of hydrogen-bond acceptors (Lipinski definition) is 4. The number of aliphatic hydroxyl groups is 1. The zero-order valence-electron chi connectivity index (χ0n) is 10.8. The molecule has 1 saturated carbocycles. The molecule has 18 heavy (non-hydrogen) atoms. The predicted octanol–water partition coefficient (Wildman–Crippen LogP) is 1.77. The molecule has 1 N–H and O–H groups in total. The number of rotatable bonds is 2. The summed E-state index contributed by atoms with van der Waals surface area (Å²) >= 11 is 0. The molecule has 3 aliphatic rings. The molecule has 0 aromatic rings. The molecule has 0 amide bonds. The van der Waals surface area contributed by atoms with Crippen LogP contribution in [0.25, 0.3) is 0 Å². The third kappa shape index (κ3) is 1.95. The summed E-state index contributed by atoms with van der Waals surface area (Å²) in [6.45, 7) is 1.95. The number of fused-ring (bicyclic) bond motifs is 1. The standard InChI is InChI=1S/C14H21NO3/c1-9(8-15)6-10-2-3-13-14(18-10)5-4-11(16)12(7-14)17-13/h9-13,16H,2-7H2,1H3/t9-,10?,11-,12-,13?,14?/m1/s1. The Morgan fingerprint density at radius 1 is 1.44 bits per heavy atom. The Kier molecular flexibility index (Phi) is 3.09. The van der Waals surface area contributed by atoms with E-state index >= 15 is 0 Å². The van der Waals surface area contributed by atoms with Gasteiger partial charge in [0.05, 0.1) is 36.1 Å².